The monoisotopic (exact) mass is 386 g/mol. The Kier molecular flexibility index (Phi) is 6.65. The summed E-state index contributed by atoms with van der Waals surface area (Å²) < 4.78 is 11.2. The highest BCUT2D eigenvalue weighted by Gasteiger charge is 2.21. The first-order valence-corrected chi connectivity index (χ1v) is 9.69. The Bertz CT molecular complexity index is 765. The quantitative estimate of drug-likeness (QED) is 0.763. The van der Waals surface area contributed by atoms with Gasteiger partial charge in [0.05, 0.1) is 12.8 Å². The standard InChI is InChI=1S/C22H30N2O4/c1-16-12-19(13-17(2)22(16)26)28-15-18(25)14-23-8-10-24(11-9-23)20-6-4-5-7-21(20)27-3/h4-7,12-13,18,25-26H,8-11,14-15H2,1-3H3. The first kappa shape index (κ1) is 20.3. The molecule has 1 unspecified atom stereocenters. The molecule has 2 N–H and O–H groups in total. The van der Waals surface area contributed by atoms with Crippen LogP contribution in [0.4, 0.5) is 5.69 Å². The van der Waals surface area contributed by atoms with Gasteiger partial charge in [0.15, 0.2) is 0 Å². The number of hydrogen-bond acceptors (Lipinski definition) is 6. The summed E-state index contributed by atoms with van der Waals surface area (Å²) in [7, 11) is 1.70. The Hall–Kier alpha value is -2.44. The molecule has 0 amide bonds. The number of aryl methyl sites for hydroxylation is 2. The van der Waals surface area contributed by atoms with Gasteiger partial charge in [-0.1, -0.05) is 12.1 Å². The van der Waals surface area contributed by atoms with E-state index >= 15 is 0 Å². The predicted molar refractivity (Wildman–Crippen MR) is 111 cm³/mol. The molecule has 1 fully saturated rings. The van der Waals surface area contributed by atoms with E-state index in [1.807, 2.05) is 32.0 Å². The van der Waals surface area contributed by atoms with Crippen molar-refractivity contribution in [2.24, 2.45) is 0 Å². The molecule has 1 aliphatic rings. The van der Waals surface area contributed by atoms with Crippen LogP contribution in [-0.4, -0.2) is 67.7 Å². The Labute approximate surface area is 166 Å². The number of ether oxygens (including phenoxy) is 2. The molecule has 152 valence electrons. The zero-order valence-corrected chi connectivity index (χ0v) is 16.9. The molecule has 2 aromatic carbocycles. The number of β-amino-alcohol motifs (C(OH)–C–C–N with tert-alkyl or cyclic N) is 1. The van der Waals surface area contributed by atoms with E-state index in [0.717, 1.165) is 48.7 Å². The van der Waals surface area contributed by atoms with Crippen molar-refractivity contribution in [1.29, 1.82) is 0 Å². The SMILES string of the molecule is COc1ccccc1N1CCN(CC(O)COc2cc(C)c(O)c(C)c2)CC1. The fourth-order valence-corrected chi connectivity index (χ4v) is 3.61. The molecule has 1 atom stereocenters. The molecule has 1 heterocycles. The molecule has 2 aromatic rings. The number of benzene rings is 2. The summed E-state index contributed by atoms with van der Waals surface area (Å²) in [4.78, 5) is 4.58. The molecule has 28 heavy (non-hydrogen) atoms. The summed E-state index contributed by atoms with van der Waals surface area (Å²) in [5, 5.41) is 20.2. The smallest absolute Gasteiger partial charge is 0.142 e. The van der Waals surface area contributed by atoms with Crippen molar-refractivity contribution in [1.82, 2.24) is 4.90 Å². The highest BCUT2D eigenvalue weighted by atomic mass is 16.5. The fourth-order valence-electron chi connectivity index (χ4n) is 3.61. The number of phenols is 1. The Morgan fingerprint density at radius 3 is 2.32 bits per heavy atom. The van der Waals surface area contributed by atoms with Gasteiger partial charge in [-0.3, -0.25) is 4.90 Å². The lowest BCUT2D eigenvalue weighted by Crippen LogP contribution is -2.49. The van der Waals surface area contributed by atoms with Crippen LogP contribution in [0.2, 0.25) is 0 Å². The van der Waals surface area contributed by atoms with E-state index in [1.165, 1.54) is 0 Å². The van der Waals surface area contributed by atoms with Gasteiger partial charge >= 0.3 is 0 Å². The first-order valence-electron chi connectivity index (χ1n) is 9.69. The summed E-state index contributed by atoms with van der Waals surface area (Å²) >= 11 is 0. The maximum absolute atomic E-state index is 10.4. The topological polar surface area (TPSA) is 65.4 Å². The number of phenolic OH excluding ortho intramolecular Hbond substituents is 1. The summed E-state index contributed by atoms with van der Waals surface area (Å²) in [6, 6.07) is 11.7. The third-order valence-corrected chi connectivity index (χ3v) is 5.17. The van der Waals surface area contributed by atoms with Crippen LogP contribution >= 0.6 is 0 Å². The van der Waals surface area contributed by atoms with Crippen molar-refractivity contribution in [2.75, 3.05) is 51.3 Å². The molecule has 0 saturated carbocycles. The largest absolute Gasteiger partial charge is 0.507 e. The van der Waals surface area contributed by atoms with Gasteiger partial charge in [0.2, 0.25) is 0 Å². The minimum absolute atomic E-state index is 0.233. The number of aliphatic hydroxyl groups excluding tert-OH is 1. The van der Waals surface area contributed by atoms with E-state index in [4.69, 9.17) is 9.47 Å². The number of rotatable bonds is 7. The number of para-hydroxylation sites is 2. The van der Waals surface area contributed by atoms with Crippen LogP contribution in [0.25, 0.3) is 0 Å². The maximum atomic E-state index is 10.4. The summed E-state index contributed by atoms with van der Waals surface area (Å²) in [6.45, 7) is 8.04. The second-order valence-corrected chi connectivity index (χ2v) is 7.33. The molecule has 0 bridgehead atoms. The van der Waals surface area contributed by atoms with Gasteiger partial charge in [-0.2, -0.15) is 0 Å². The number of aliphatic hydroxyl groups is 1. The van der Waals surface area contributed by atoms with Gasteiger partial charge in [0.1, 0.15) is 30.0 Å². The summed E-state index contributed by atoms with van der Waals surface area (Å²) in [5.74, 6) is 1.86. The van der Waals surface area contributed by atoms with Gasteiger partial charge in [-0.05, 0) is 49.2 Å². The van der Waals surface area contributed by atoms with Gasteiger partial charge < -0.3 is 24.6 Å². The van der Waals surface area contributed by atoms with E-state index in [-0.39, 0.29) is 6.61 Å². The van der Waals surface area contributed by atoms with Crippen LogP contribution in [0.3, 0.4) is 0 Å². The molecule has 0 spiro atoms. The molecular weight excluding hydrogens is 356 g/mol. The molecule has 1 saturated heterocycles. The molecule has 0 radical (unpaired) electrons. The Balaban J connectivity index is 1.47. The van der Waals surface area contributed by atoms with Gasteiger partial charge in [-0.25, -0.2) is 0 Å². The number of methoxy groups -OCH3 is 1. The van der Waals surface area contributed by atoms with Gasteiger partial charge in [-0.15, -0.1) is 0 Å². The van der Waals surface area contributed by atoms with Crippen molar-refractivity contribution in [3.63, 3.8) is 0 Å². The third kappa shape index (κ3) is 4.88. The summed E-state index contributed by atoms with van der Waals surface area (Å²) in [6.07, 6.45) is -0.563. The van der Waals surface area contributed by atoms with Crippen molar-refractivity contribution >= 4 is 5.69 Å². The molecular formula is C22H30N2O4. The van der Waals surface area contributed by atoms with Crippen LogP contribution in [0.5, 0.6) is 17.2 Å². The zero-order valence-electron chi connectivity index (χ0n) is 16.9. The van der Waals surface area contributed by atoms with Crippen molar-refractivity contribution in [2.45, 2.75) is 20.0 Å². The van der Waals surface area contributed by atoms with E-state index in [1.54, 1.807) is 19.2 Å². The minimum Gasteiger partial charge on any atom is -0.507 e. The predicted octanol–water partition coefficient (Wildman–Crippen LogP) is 2.58. The average molecular weight is 386 g/mol. The van der Waals surface area contributed by atoms with Crippen molar-refractivity contribution in [3.8, 4) is 17.2 Å². The molecule has 1 aliphatic heterocycles. The average Bonchev–Trinajstić information content (AvgIpc) is 2.71. The van der Waals surface area contributed by atoms with E-state index in [0.29, 0.717) is 18.0 Å². The highest BCUT2D eigenvalue weighted by molar-refractivity contribution is 5.58. The lowest BCUT2D eigenvalue weighted by atomic mass is 10.1. The normalized spacial score (nSPS) is 16.1. The zero-order chi connectivity index (χ0) is 20.1. The molecule has 6 nitrogen and oxygen atoms in total. The molecule has 0 aromatic heterocycles. The Morgan fingerprint density at radius 2 is 1.68 bits per heavy atom. The van der Waals surface area contributed by atoms with E-state index < -0.39 is 6.10 Å². The summed E-state index contributed by atoms with van der Waals surface area (Å²) in [5.41, 5.74) is 2.67. The first-order chi connectivity index (χ1) is 13.5. The maximum Gasteiger partial charge on any atom is 0.142 e. The molecule has 6 heteroatoms. The number of anilines is 1. The highest BCUT2D eigenvalue weighted by Crippen LogP contribution is 2.29. The second-order valence-electron chi connectivity index (χ2n) is 7.33. The molecule has 3 rings (SSSR count). The van der Waals surface area contributed by atoms with Gasteiger partial charge in [0.25, 0.3) is 0 Å². The lowest BCUT2D eigenvalue weighted by Gasteiger charge is -2.37. The van der Waals surface area contributed by atoms with Crippen LogP contribution in [0, 0.1) is 13.8 Å². The van der Waals surface area contributed by atoms with Crippen LogP contribution in [-0.2, 0) is 0 Å². The Morgan fingerprint density at radius 1 is 1.04 bits per heavy atom. The number of nitrogens with zero attached hydrogens (tertiary/aromatic N) is 2. The van der Waals surface area contributed by atoms with Crippen LogP contribution in [0.15, 0.2) is 36.4 Å². The second kappa shape index (κ2) is 9.17. The molecule has 0 aliphatic carbocycles. The number of aromatic hydroxyl groups is 1. The minimum atomic E-state index is -0.563. The fraction of sp³-hybridized carbons (Fsp3) is 0.455. The van der Waals surface area contributed by atoms with Crippen molar-refractivity contribution in [3.05, 3.63) is 47.5 Å². The van der Waals surface area contributed by atoms with E-state index in [9.17, 15) is 10.2 Å². The van der Waals surface area contributed by atoms with E-state index in [2.05, 4.69) is 15.9 Å². The number of hydrogen-bond donors (Lipinski definition) is 2. The lowest BCUT2D eigenvalue weighted by molar-refractivity contribution is 0.0662. The van der Waals surface area contributed by atoms with Crippen LogP contribution in [0.1, 0.15) is 11.1 Å². The third-order valence-electron chi connectivity index (χ3n) is 5.17. The van der Waals surface area contributed by atoms with Crippen molar-refractivity contribution < 1.29 is 19.7 Å². The van der Waals surface area contributed by atoms with Crippen LogP contribution < -0.4 is 14.4 Å². The number of piperazine rings is 1. The van der Waals surface area contributed by atoms with Gasteiger partial charge in [0, 0.05) is 32.7 Å².